The second-order valence-corrected chi connectivity index (χ2v) is 3.52. The van der Waals surface area contributed by atoms with Crippen LogP contribution in [0, 0.1) is 0 Å². The third-order valence-electron chi connectivity index (χ3n) is 1.86. The van der Waals surface area contributed by atoms with Crippen molar-refractivity contribution in [3.63, 3.8) is 0 Å². The van der Waals surface area contributed by atoms with Crippen LogP contribution in [-0.2, 0) is 18.4 Å². The average molecular weight is 250 g/mol. The fourth-order valence-electron chi connectivity index (χ4n) is 1.14. The van der Waals surface area contributed by atoms with E-state index in [4.69, 9.17) is 0 Å². The van der Waals surface area contributed by atoms with Gasteiger partial charge in [-0.3, -0.25) is 9.48 Å². The summed E-state index contributed by atoms with van der Waals surface area (Å²) in [4.78, 5) is 11.0. The number of aryl methyl sites for hydroxylation is 1. The van der Waals surface area contributed by atoms with Gasteiger partial charge in [0.05, 0.1) is 12.7 Å². The first kappa shape index (κ1) is 13.5. The summed E-state index contributed by atoms with van der Waals surface area (Å²) < 4.78 is 36.9. The summed E-state index contributed by atoms with van der Waals surface area (Å²) in [5.74, 6) is -0.689. The Kier molecular flexibility index (Phi) is 4.50. The van der Waals surface area contributed by atoms with Gasteiger partial charge in [-0.1, -0.05) is 0 Å². The molecule has 0 spiro atoms. The first-order valence-corrected chi connectivity index (χ1v) is 4.88. The van der Waals surface area contributed by atoms with Gasteiger partial charge in [0.1, 0.15) is 6.54 Å². The van der Waals surface area contributed by atoms with Gasteiger partial charge in [0.25, 0.3) is 0 Å². The van der Waals surface area contributed by atoms with Gasteiger partial charge in [-0.15, -0.1) is 0 Å². The maximum atomic E-state index is 11.8. The molecule has 0 saturated carbocycles. The van der Waals surface area contributed by atoms with Gasteiger partial charge < -0.3 is 10.6 Å². The Morgan fingerprint density at radius 1 is 1.53 bits per heavy atom. The molecule has 0 aliphatic heterocycles. The standard InChI is InChI=1S/C9H13F3N4O/c1-16-5-7(3-15-16)2-13-4-8(17)14-6-9(10,11)12/h3,5,13H,2,4,6H2,1H3,(H,14,17). The minimum atomic E-state index is -4.38. The highest BCUT2D eigenvalue weighted by Crippen LogP contribution is 2.11. The monoisotopic (exact) mass is 250 g/mol. The van der Waals surface area contributed by atoms with Crippen LogP contribution in [-0.4, -0.2) is 35.0 Å². The Morgan fingerprint density at radius 3 is 2.76 bits per heavy atom. The second kappa shape index (κ2) is 5.67. The molecular weight excluding hydrogens is 237 g/mol. The third kappa shape index (κ3) is 5.91. The minimum Gasteiger partial charge on any atom is -0.346 e. The lowest BCUT2D eigenvalue weighted by Crippen LogP contribution is -2.39. The van der Waals surface area contributed by atoms with Crippen LogP contribution in [0.4, 0.5) is 13.2 Å². The van der Waals surface area contributed by atoms with E-state index in [1.54, 1.807) is 29.4 Å². The van der Waals surface area contributed by atoms with Crippen LogP contribution in [0.1, 0.15) is 5.56 Å². The quantitative estimate of drug-likeness (QED) is 0.784. The van der Waals surface area contributed by atoms with Gasteiger partial charge in [-0.25, -0.2) is 0 Å². The van der Waals surface area contributed by atoms with Crippen molar-refractivity contribution in [3.05, 3.63) is 18.0 Å². The molecule has 2 N–H and O–H groups in total. The molecule has 0 aromatic carbocycles. The van der Waals surface area contributed by atoms with Crippen LogP contribution in [0.5, 0.6) is 0 Å². The zero-order valence-electron chi connectivity index (χ0n) is 9.21. The van der Waals surface area contributed by atoms with Gasteiger partial charge in [0, 0.05) is 25.4 Å². The molecule has 0 fully saturated rings. The van der Waals surface area contributed by atoms with Crippen molar-refractivity contribution >= 4 is 5.91 Å². The lowest BCUT2D eigenvalue weighted by molar-refractivity contribution is -0.137. The number of hydrogen-bond acceptors (Lipinski definition) is 3. The number of amides is 1. The summed E-state index contributed by atoms with van der Waals surface area (Å²) in [6.45, 7) is -1.08. The number of aromatic nitrogens is 2. The number of rotatable bonds is 5. The van der Waals surface area contributed by atoms with Crippen LogP contribution in [0.2, 0.25) is 0 Å². The Hall–Kier alpha value is -1.57. The maximum Gasteiger partial charge on any atom is 0.405 e. The van der Waals surface area contributed by atoms with Gasteiger partial charge in [-0.2, -0.15) is 18.3 Å². The van der Waals surface area contributed by atoms with E-state index in [0.717, 1.165) is 5.56 Å². The molecule has 1 heterocycles. The van der Waals surface area contributed by atoms with E-state index in [2.05, 4.69) is 10.4 Å². The van der Waals surface area contributed by atoms with Crippen LogP contribution >= 0.6 is 0 Å². The van der Waals surface area contributed by atoms with Crippen molar-refractivity contribution in [2.45, 2.75) is 12.7 Å². The van der Waals surface area contributed by atoms with Crippen LogP contribution in [0.25, 0.3) is 0 Å². The van der Waals surface area contributed by atoms with Crippen LogP contribution in [0.3, 0.4) is 0 Å². The van der Waals surface area contributed by atoms with Crippen molar-refractivity contribution in [1.29, 1.82) is 0 Å². The topological polar surface area (TPSA) is 59.0 Å². The Bertz CT molecular complexity index is 375. The molecule has 0 radical (unpaired) electrons. The van der Waals surface area contributed by atoms with Crippen molar-refractivity contribution in [3.8, 4) is 0 Å². The maximum absolute atomic E-state index is 11.8. The molecular formula is C9H13F3N4O. The van der Waals surface area contributed by atoms with E-state index >= 15 is 0 Å². The second-order valence-electron chi connectivity index (χ2n) is 3.52. The first-order valence-electron chi connectivity index (χ1n) is 4.88. The zero-order valence-corrected chi connectivity index (χ0v) is 9.21. The van der Waals surface area contributed by atoms with Gasteiger partial charge in [0.15, 0.2) is 0 Å². The van der Waals surface area contributed by atoms with E-state index in [9.17, 15) is 18.0 Å². The number of nitrogens with one attached hydrogen (secondary N) is 2. The van der Waals surface area contributed by atoms with Crippen molar-refractivity contribution < 1.29 is 18.0 Å². The van der Waals surface area contributed by atoms with Crippen LogP contribution in [0.15, 0.2) is 12.4 Å². The number of nitrogens with zero attached hydrogens (tertiary/aromatic N) is 2. The molecule has 1 aromatic heterocycles. The summed E-state index contributed by atoms with van der Waals surface area (Å²) in [5, 5.41) is 8.40. The number of carbonyl (C=O) groups is 1. The van der Waals surface area contributed by atoms with E-state index in [1.165, 1.54) is 0 Å². The lowest BCUT2D eigenvalue weighted by atomic mass is 10.3. The van der Waals surface area contributed by atoms with E-state index in [-0.39, 0.29) is 6.54 Å². The lowest BCUT2D eigenvalue weighted by Gasteiger charge is -2.08. The van der Waals surface area contributed by atoms with Gasteiger partial charge >= 0.3 is 6.18 Å². The minimum absolute atomic E-state index is 0.162. The molecule has 0 atom stereocenters. The molecule has 1 amide bonds. The molecule has 0 bridgehead atoms. The van der Waals surface area contributed by atoms with Gasteiger partial charge in [-0.05, 0) is 0 Å². The normalized spacial score (nSPS) is 11.5. The Balaban J connectivity index is 2.16. The Morgan fingerprint density at radius 2 is 2.24 bits per heavy atom. The molecule has 0 saturated heterocycles. The molecule has 1 aromatic rings. The fraction of sp³-hybridized carbons (Fsp3) is 0.556. The predicted molar refractivity (Wildman–Crippen MR) is 54.0 cm³/mol. The molecule has 8 heteroatoms. The zero-order chi connectivity index (χ0) is 12.9. The highest BCUT2D eigenvalue weighted by Gasteiger charge is 2.27. The number of halogens is 3. The predicted octanol–water partition coefficient (Wildman–Crippen LogP) is 0.188. The van der Waals surface area contributed by atoms with Crippen molar-refractivity contribution in [2.75, 3.05) is 13.1 Å². The summed E-state index contributed by atoms with van der Waals surface area (Å²) in [7, 11) is 1.75. The smallest absolute Gasteiger partial charge is 0.346 e. The van der Waals surface area contributed by atoms with Crippen LogP contribution < -0.4 is 10.6 Å². The SMILES string of the molecule is Cn1cc(CNCC(=O)NCC(F)(F)F)cn1. The summed E-state index contributed by atoms with van der Waals surface area (Å²) in [6.07, 6.45) is -1.01. The molecule has 0 aliphatic rings. The van der Waals surface area contributed by atoms with E-state index in [0.29, 0.717) is 6.54 Å². The number of carbonyl (C=O) groups excluding carboxylic acids is 1. The molecule has 1 rings (SSSR count). The molecule has 0 aliphatic carbocycles. The highest BCUT2D eigenvalue weighted by molar-refractivity contribution is 5.77. The number of hydrogen-bond donors (Lipinski definition) is 2. The Labute approximate surface area is 96.0 Å². The first-order chi connectivity index (χ1) is 7.87. The largest absolute Gasteiger partial charge is 0.405 e. The van der Waals surface area contributed by atoms with Crippen molar-refractivity contribution in [1.82, 2.24) is 20.4 Å². The van der Waals surface area contributed by atoms with E-state index in [1.807, 2.05) is 0 Å². The van der Waals surface area contributed by atoms with Gasteiger partial charge in [0.2, 0.25) is 5.91 Å². The summed E-state index contributed by atoms with van der Waals surface area (Å²) in [5.41, 5.74) is 0.858. The molecule has 17 heavy (non-hydrogen) atoms. The third-order valence-corrected chi connectivity index (χ3v) is 1.86. The summed E-state index contributed by atoms with van der Waals surface area (Å²) >= 11 is 0. The highest BCUT2D eigenvalue weighted by atomic mass is 19.4. The average Bonchev–Trinajstić information content (AvgIpc) is 2.60. The van der Waals surface area contributed by atoms with Crippen molar-refractivity contribution in [2.24, 2.45) is 7.05 Å². The molecule has 5 nitrogen and oxygen atoms in total. The molecule has 96 valence electrons. The summed E-state index contributed by atoms with van der Waals surface area (Å²) in [6, 6.07) is 0. The fourth-order valence-corrected chi connectivity index (χ4v) is 1.14. The van der Waals surface area contributed by atoms with E-state index < -0.39 is 18.6 Å². The molecule has 0 unspecified atom stereocenters. The number of alkyl halides is 3.